The topological polar surface area (TPSA) is 78.6 Å². The van der Waals surface area contributed by atoms with Gasteiger partial charge in [-0.3, -0.25) is 4.79 Å². The second kappa shape index (κ2) is 9.05. The highest BCUT2D eigenvalue weighted by molar-refractivity contribution is 7.98. The standard InChI is InChI=1S/C20H24N4O3S/c1-13-5-7-16(8-6-13)26-11-12-27-18(25)10-9-17-14(2)21-19-22-20(28-4)23-24(19)15(17)3/h5-8H,9-12H2,1-4H3. The van der Waals surface area contributed by atoms with Crippen molar-refractivity contribution < 1.29 is 14.3 Å². The smallest absolute Gasteiger partial charge is 0.306 e. The van der Waals surface area contributed by atoms with Gasteiger partial charge in [0.1, 0.15) is 19.0 Å². The van der Waals surface area contributed by atoms with Gasteiger partial charge in [0.2, 0.25) is 5.16 Å². The molecule has 3 rings (SSSR count). The summed E-state index contributed by atoms with van der Waals surface area (Å²) >= 11 is 1.47. The van der Waals surface area contributed by atoms with E-state index in [1.165, 1.54) is 17.3 Å². The monoisotopic (exact) mass is 400 g/mol. The van der Waals surface area contributed by atoms with Crippen LogP contribution in [0.1, 0.15) is 28.9 Å². The fourth-order valence-electron chi connectivity index (χ4n) is 2.89. The van der Waals surface area contributed by atoms with Crippen LogP contribution in [0, 0.1) is 20.8 Å². The molecule has 0 fully saturated rings. The summed E-state index contributed by atoms with van der Waals surface area (Å²) in [6.45, 7) is 6.47. The summed E-state index contributed by atoms with van der Waals surface area (Å²) in [6, 6.07) is 7.76. The number of esters is 1. The van der Waals surface area contributed by atoms with Crippen molar-refractivity contribution in [1.82, 2.24) is 19.6 Å². The molecule has 0 N–H and O–H groups in total. The van der Waals surface area contributed by atoms with Gasteiger partial charge in [0.15, 0.2) is 0 Å². The summed E-state index contributed by atoms with van der Waals surface area (Å²) in [5.74, 6) is 1.10. The minimum Gasteiger partial charge on any atom is -0.490 e. The minimum atomic E-state index is -0.255. The van der Waals surface area contributed by atoms with E-state index in [1.54, 1.807) is 4.52 Å². The first-order valence-electron chi connectivity index (χ1n) is 9.10. The number of thioether (sulfide) groups is 1. The van der Waals surface area contributed by atoms with E-state index in [1.807, 2.05) is 51.3 Å². The van der Waals surface area contributed by atoms with Crippen molar-refractivity contribution in [2.75, 3.05) is 19.5 Å². The molecule has 0 aliphatic heterocycles. The van der Waals surface area contributed by atoms with Crippen molar-refractivity contribution in [3.8, 4) is 5.75 Å². The highest BCUT2D eigenvalue weighted by Gasteiger charge is 2.14. The maximum atomic E-state index is 12.1. The summed E-state index contributed by atoms with van der Waals surface area (Å²) in [4.78, 5) is 20.9. The number of benzene rings is 1. The highest BCUT2D eigenvalue weighted by Crippen LogP contribution is 2.18. The van der Waals surface area contributed by atoms with Gasteiger partial charge in [0.25, 0.3) is 5.78 Å². The highest BCUT2D eigenvalue weighted by atomic mass is 32.2. The maximum absolute atomic E-state index is 12.1. The van der Waals surface area contributed by atoms with Crippen LogP contribution in [0.2, 0.25) is 0 Å². The van der Waals surface area contributed by atoms with Gasteiger partial charge >= 0.3 is 5.97 Å². The number of fused-ring (bicyclic) bond motifs is 1. The van der Waals surface area contributed by atoms with Gasteiger partial charge in [-0.05, 0) is 51.1 Å². The molecule has 0 atom stereocenters. The molecule has 0 saturated heterocycles. The van der Waals surface area contributed by atoms with Gasteiger partial charge < -0.3 is 9.47 Å². The van der Waals surface area contributed by atoms with Crippen LogP contribution in [0.5, 0.6) is 5.75 Å². The van der Waals surface area contributed by atoms with Crippen molar-refractivity contribution in [2.45, 2.75) is 38.8 Å². The number of aromatic nitrogens is 4. The summed E-state index contributed by atoms with van der Waals surface area (Å²) in [7, 11) is 0. The second-order valence-corrected chi connectivity index (χ2v) is 7.23. The number of hydrogen-bond acceptors (Lipinski definition) is 7. The zero-order chi connectivity index (χ0) is 20.1. The lowest BCUT2D eigenvalue weighted by molar-refractivity contribution is -0.144. The summed E-state index contributed by atoms with van der Waals surface area (Å²) in [6.07, 6.45) is 2.76. The Balaban J connectivity index is 1.50. The minimum absolute atomic E-state index is 0.224. The Morgan fingerprint density at radius 2 is 1.86 bits per heavy atom. The number of hydrogen-bond donors (Lipinski definition) is 0. The molecule has 28 heavy (non-hydrogen) atoms. The quantitative estimate of drug-likeness (QED) is 0.326. The molecular weight excluding hydrogens is 376 g/mol. The van der Waals surface area contributed by atoms with Crippen molar-refractivity contribution in [1.29, 1.82) is 0 Å². The molecule has 0 bridgehead atoms. The molecule has 0 aliphatic rings. The molecule has 7 nitrogen and oxygen atoms in total. The van der Waals surface area contributed by atoms with Gasteiger partial charge in [-0.25, -0.2) is 9.50 Å². The lowest BCUT2D eigenvalue weighted by atomic mass is 10.1. The third-order valence-electron chi connectivity index (χ3n) is 4.43. The molecule has 2 heterocycles. The Hall–Kier alpha value is -2.61. The average Bonchev–Trinajstić information content (AvgIpc) is 3.10. The molecule has 3 aromatic rings. The molecule has 2 aromatic heterocycles. The first kappa shape index (κ1) is 20.1. The van der Waals surface area contributed by atoms with E-state index in [-0.39, 0.29) is 19.0 Å². The molecule has 148 valence electrons. The van der Waals surface area contributed by atoms with Crippen molar-refractivity contribution in [2.24, 2.45) is 0 Å². The summed E-state index contributed by atoms with van der Waals surface area (Å²) in [5.41, 5.74) is 3.98. The molecule has 0 spiro atoms. The van der Waals surface area contributed by atoms with E-state index in [9.17, 15) is 4.79 Å². The Labute approximate surface area is 168 Å². The van der Waals surface area contributed by atoms with E-state index in [4.69, 9.17) is 9.47 Å². The fourth-order valence-corrected chi connectivity index (χ4v) is 3.22. The van der Waals surface area contributed by atoms with Gasteiger partial charge in [0.05, 0.1) is 0 Å². The normalized spacial score (nSPS) is 11.0. The molecule has 1 aromatic carbocycles. The Kier molecular flexibility index (Phi) is 6.51. The predicted octanol–water partition coefficient (Wildman–Crippen LogP) is 3.33. The van der Waals surface area contributed by atoms with Crippen LogP contribution in [-0.4, -0.2) is 45.0 Å². The van der Waals surface area contributed by atoms with Crippen molar-refractivity contribution >= 4 is 23.5 Å². The summed E-state index contributed by atoms with van der Waals surface area (Å²) < 4.78 is 12.6. The number of carbonyl (C=O) groups excluding carboxylic acids is 1. The van der Waals surface area contributed by atoms with Gasteiger partial charge in [0, 0.05) is 17.8 Å². The molecule has 0 radical (unpaired) electrons. The third-order valence-corrected chi connectivity index (χ3v) is 4.97. The third kappa shape index (κ3) is 4.81. The van der Waals surface area contributed by atoms with Crippen LogP contribution in [0.15, 0.2) is 29.4 Å². The van der Waals surface area contributed by atoms with Crippen LogP contribution in [0.4, 0.5) is 0 Å². The lowest BCUT2D eigenvalue weighted by Crippen LogP contribution is -2.14. The first-order valence-corrected chi connectivity index (χ1v) is 10.3. The van der Waals surface area contributed by atoms with Crippen LogP contribution in [0.3, 0.4) is 0 Å². The van der Waals surface area contributed by atoms with E-state index in [0.29, 0.717) is 24.0 Å². The van der Waals surface area contributed by atoms with Gasteiger partial charge in [-0.2, -0.15) is 4.98 Å². The van der Waals surface area contributed by atoms with Gasteiger partial charge in [-0.15, -0.1) is 5.10 Å². The maximum Gasteiger partial charge on any atom is 0.306 e. The lowest BCUT2D eigenvalue weighted by Gasteiger charge is -2.10. The van der Waals surface area contributed by atoms with E-state index >= 15 is 0 Å². The molecule has 8 heteroatoms. The Morgan fingerprint density at radius 3 is 2.57 bits per heavy atom. The molecule has 0 aliphatic carbocycles. The van der Waals surface area contributed by atoms with E-state index < -0.39 is 0 Å². The largest absolute Gasteiger partial charge is 0.490 e. The van der Waals surface area contributed by atoms with Crippen LogP contribution in [0.25, 0.3) is 5.78 Å². The number of ether oxygens (including phenoxy) is 2. The van der Waals surface area contributed by atoms with Crippen LogP contribution < -0.4 is 4.74 Å². The number of nitrogens with zero attached hydrogens (tertiary/aromatic N) is 4. The first-order chi connectivity index (χ1) is 13.5. The second-order valence-electron chi connectivity index (χ2n) is 6.45. The zero-order valence-corrected chi connectivity index (χ0v) is 17.4. The van der Waals surface area contributed by atoms with E-state index in [0.717, 1.165) is 22.7 Å². The predicted molar refractivity (Wildman–Crippen MR) is 108 cm³/mol. The van der Waals surface area contributed by atoms with Crippen LogP contribution >= 0.6 is 11.8 Å². The molecule has 0 unspecified atom stereocenters. The average molecular weight is 401 g/mol. The molecule has 0 saturated carbocycles. The number of carbonyl (C=O) groups is 1. The van der Waals surface area contributed by atoms with Crippen molar-refractivity contribution in [3.05, 3.63) is 46.8 Å². The van der Waals surface area contributed by atoms with Crippen LogP contribution in [-0.2, 0) is 16.0 Å². The molecule has 0 amide bonds. The Bertz CT molecular complexity index is 970. The number of rotatable bonds is 8. The van der Waals surface area contributed by atoms with Gasteiger partial charge in [-0.1, -0.05) is 29.5 Å². The van der Waals surface area contributed by atoms with E-state index in [2.05, 4.69) is 15.1 Å². The SMILES string of the molecule is CSc1nc2nc(C)c(CCC(=O)OCCOc3ccc(C)cc3)c(C)n2n1. The number of aryl methyl sites for hydroxylation is 3. The zero-order valence-electron chi connectivity index (χ0n) is 16.6. The Morgan fingerprint density at radius 1 is 1.11 bits per heavy atom. The fraction of sp³-hybridized carbons (Fsp3) is 0.400. The van der Waals surface area contributed by atoms with Crippen molar-refractivity contribution in [3.63, 3.8) is 0 Å². The summed E-state index contributed by atoms with van der Waals surface area (Å²) in [5, 5.41) is 5.11. The molecular formula is C20H24N4O3S.